The van der Waals surface area contributed by atoms with Crippen molar-refractivity contribution >= 4 is 15.9 Å². The molecule has 2 aliphatic heterocycles. The number of carbonyl (C=O) groups excluding carboxylic acids is 1. The van der Waals surface area contributed by atoms with Crippen LogP contribution >= 0.6 is 0 Å². The second-order valence-electron chi connectivity index (χ2n) is 8.33. The maximum absolute atomic E-state index is 15.6. The Kier molecular flexibility index (Phi) is 6.75. The molecule has 4 rings (SSSR count). The third-order valence-electron chi connectivity index (χ3n) is 6.07. The second kappa shape index (κ2) is 9.34. The number of hydrogen-bond donors (Lipinski definition) is 1. The topological polar surface area (TPSA) is 75.7 Å². The van der Waals surface area contributed by atoms with Gasteiger partial charge in [0.05, 0.1) is 19.1 Å². The Balaban J connectivity index is 1.87. The average molecular weight is 522 g/mol. The molecule has 0 radical (unpaired) electrons. The lowest BCUT2D eigenvalue weighted by molar-refractivity contribution is -0.148. The first kappa shape index (κ1) is 25.3. The first-order valence-corrected chi connectivity index (χ1v) is 12.2. The number of hydrogen-bond acceptors (Lipinski definition) is 4. The highest BCUT2D eigenvalue weighted by Crippen LogP contribution is 2.39. The summed E-state index contributed by atoms with van der Waals surface area (Å²) < 4.78 is 117. The van der Waals surface area contributed by atoms with Crippen molar-refractivity contribution in [1.29, 1.82) is 0 Å². The number of alkyl halides is 3. The van der Waals surface area contributed by atoms with E-state index in [0.717, 1.165) is 11.0 Å². The molecule has 0 spiro atoms. The molecule has 190 valence electrons. The Bertz CT molecular complexity index is 1260. The van der Waals surface area contributed by atoms with E-state index in [4.69, 9.17) is 4.74 Å². The largest absolute Gasteiger partial charge is 0.489 e. The SMILES string of the molecule is O=C1CCOc2c(F)cc(F)cc2-c2cccc(c2F)CC2C(NS(=O)(=O)CF)C(F)(F)CCN12. The van der Waals surface area contributed by atoms with Crippen molar-refractivity contribution in [2.45, 2.75) is 37.3 Å². The monoisotopic (exact) mass is 522 g/mol. The molecule has 2 heterocycles. The number of rotatable bonds is 3. The van der Waals surface area contributed by atoms with Crippen molar-refractivity contribution in [2.75, 3.05) is 19.2 Å². The zero-order valence-electron chi connectivity index (χ0n) is 18.0. The van der Waals surface area contributed by atoms with E-state index in [-0.39, 0.29) is 16.7 Å². The summed E-state index contributed by atoms with van der Waals surface area (Å²) in [6.07, 6.45) is -1.92. The van der Waals surface area contributed by atoms with E-state index in [1.807, 2.05) is 0 Å². The molecule has 2 aromatic rings. The number of halogens is 6. The summed E-state index contributed by atoms with van der Waals surface area (Å²) >= 11 is 0. The van der Waals surface area contributed by atoms with Gasteiger partial charge in [-0.1, -0.05) is 18.2 Å². The second-order valence-corrected chi connectivity index (χ2v) is 10.0. The minimum atomic E-state index is -4.77. The van der Waals surface area contributed by atoms with E-state index < -0.39 is 95.6 Å². The van der Waals surface area contributed by atoms with Gasteiger partial charge in [-0.3, -0.25) is 4.79 Å². The van der Waals surface area contributed by atoms with Crippen LogP contribution < -0.4 is 9.46 Å². The van der Waals surface area contributed by atoms with Gasteiger partial charge < -0.3 is 9.64 Å². The molecule has 1 saturated heterocycles. The summed E-state index contributed by atoms with van der Waals surface area (Å²) in [5, 5.41) is 0. The predicted octanol–water partition coefficient (Wildman–Crippen LogP) is 3.55. The highest BCUT2D eigenvalue weighted by Gasteiger charge is 2.52. The number of ether oxygens (including phenoxy) is 1. The molecule has 6 nitrogen and oxygen atoms in total. The summed E-state index contributed by atoms with van der Waals surface area (Å²) in [4.78, 5) is 13.9. The predicted molar refractivity (Wildman–Crippen MR) is 112 cm³/mol. The lowest BCUT2D eigenvalue weighted by Crippen LogP contribution is -2.66. The van der Waals surface area contributed by atoms with Gasteiger partial charge in [0.1, 0.15) is 17.7 Å². The number of fused-ring (bicyclic) bond motifs is 5. The van der Waals surface area contributed by atoms with Crippen molar-refractivity contribution in [3.05, 3.63) is 53.3 Å². The van der Waals surface area contributed by atoms with Crippen LogP contribution in [0.4, 0.5) is 26.3 Å². The van der Waals surface area contributed by atoms with Crippen molar-refractivity contribution in [1.82, 2.24) is 9.62 Å². The maximum atomic E-state index is 15.6. The first-order valence-electron chi connectivity index (χ1n) is 10.6. The molecule has 2 aliphatic rings. The summed E-state index contributed by atoms with van der Waals surface area (Å²) in [7, 11) is -4.77. The standard InChI is InChI=1S/C22H20F6N2O4S/c23-11-35(32,33)29-21-17-8-12-2-1-3-14(19(12)26)15-9-13(24)10-16(25)20(15)34-7-4-18(31)30(17)6-5-22(21,27)28/h1-3,9-10,17,21,29H,4-8,11H2. The van der Waals surface area contributed by atoms with Crippen LogP contribution in [0, 0.1) is 17.5 Å². The molecule has 2 bridgehead atoms. The normalized spacial score (nSPS) is 22.3. The van der Waals surface area contributed by atoms with Crippen LogP contribution in [0.5, 0.6) is 5.75 Å². The van der Waals surface area contributed by atoms with Crippen LogP contribution in [0.15, 0.2) is 30.3 Å². The molecule has 0 aliphatic carbocycles. The molecular weight excluding hydrogens is 502 g/mol. The van der Waals surface area contributed by atoms with Crippen LogP contribution in [0.2, 0.25) is 0 Å². The molecule has 0 aromatic heterocycles. The quantitative estimate of drug-likeness (QED) is 0.626. The Hall–Kier alpha value is -2.80. The van der Waals surface area contributed by atoms with E-state index in [9.17, 15) is 35.2 Å². The zero-order valence-corrected chi connectivity index (χ0v) is 18.9. The molecule has 2 atom stereocenters. The van der Waals surface area contributed by atoms with Crippen LogP contribution in [0.1, 0.15) is 18.4 Å². The number of amides is 1. The van der Waals surface area contributed by atoms with E-state index >= 15 is 4.39 Å². The minimum absolute atomic E-state index is 0.219. The fourth-order valence-electron chi connectivity index (χ4n) is 4.44. The van der Waals surface area contributed by atoms with Crippen LogP contribution in [0.3, 0.4) is 0 Å². The number of piperidine rings is 1. The van der Waals surface area contributed by atoms with Gasteiger partial charge in [-0.25, -0.2) is 39.5 Å². The van der Waals surface area contributed by atoms with Crippen LogP contribution in [-0.2, 0) is 21.2 Å². The number of carbonyl (C=O) groups is 1. The average Bonchev–Trinajstić information content (AvgIpc) is 2.78. The Morgan fingerprint density at radius 1 is 1.14 bits per heavy atom. The number of sulfonamides is 1. The van der Waals surface area contributed by atoms with Gasteiger partial charge in [0.15, 0.2) is 11.6 Å². The Labute approximate surface area is 196 Å². The lowest BCUT2D eigenvalue weighted by Gasteiger charge is -2.45. The van der Waals surface area contributed by atoms with Gasteiger partial charge in [-0.2, -0.15) is 0 Å². The van der Waals surface area contributed by atoms with Gasteiger partial charge in [0.25, 0.3) is 5.92 Å². The van der Waals surface area contributed by atoms with Crippen LogP contribution in [0.25, 0.3) is 11.1 Å². The zero-order chi connectivity index (χ0) is 25.5. The Morgan fingerprint density at radius 2 is 1.89 bits per heavy atom. The summed E-state index contributed by atoms with van der Waals surface area (Å²) in [5.74, 6) is -8.05. The van der Waals surface area contributed by atoms with Crippen molar-refractivity contribution in [3.63, 3.8) is 0 Å². The third kappa shape index (κ3) is 4.96. The smallest absolute Gasteiger partial charge is 0.267 e. The highest BCUT2D eigenvalue weighted by atomic mass is 32.2. The minimum Gasteiger partial charge on any atom is -0.489 e. The number of nitrogens with zero attached hydrogens (tertiary/aromatic N) is 1. The Morgan fingerprint density at radius 3 is 2.60 bits per heavy atom. The third-order valence-corrected chi connectivity index (χ3v) is 6.97. The molecule has 1 fully saturated rings. The van der Waals surface area contributed by atoms with Gasteiger partial charge >= 0.3 is 0 Å². The van der Waals surface area contributed by atoms with E-state index in [2.05, 4.69) is 0 Å². The van der Waals surface area contributed by atoms with Gasteiger partial charge in [0, 0.05) is 30.2 Å². The van der Waals surface area contributed by atoms with Crippen molar-refractivity contribution in [3.8, 4) is 16.9 Å². The molecule has 1 amide bonds. The number of nitrogens with one attached hydrogen (secondary N) is 1. The molecule has 2 aromatic carbocycles. The maximum Gasteiger partial charge on any atom is 0.267 e. The molecule has 2 unspecified atom stereocenters. The molecule has 35 heavy (non-hydrogen) atoms. The number of benzene rings is 2. The summed E-state index contributed by atoms with van der Waals surface area (Å²) in [6, 6.07) is -0.655. The van der Waals surface area contributed by atoms with Gasteiger partial charge in [0.2, 0.25) is 21.9 Å². The summed E-state index contributed by atoms with van der Waals surface area (Å²) in [6.45, 7) is -0.933. The molecule has 0 saturated carbocycles. The van der Waals surface area contributed by atoms with E-state index in [0.29, 0.717) is 6.07 Å². The van der Waals surface area contributed by atoms with E-state index in [1.54, 1.807) is 4.72 Å². The lowest BCUT2D eigenvalue weighted by atomic mass is 9.87. The fourth-order valence-corrected chi connectivity index (χ4v) is 5.22. The highest BCUT2D eigenvalue weighted by molar-refractivity contribution is 7.89. The summed E-state index contributed by atoms with van der Waals surface area (Å²) in [5.41, 5.74) is -0.781. The molecule has 1 N–H and O–H groups in total. The van der Waals surface area contributed by atoms with Crippen molar-refractivity contribution < 1.29 is 44.3 Å². The first-order chi connectivity index (χ1) is 16.4. The molecule has 13 heteroatoms. The van der Waals surface area contributed by atoms with Gasteiger partial charge in [-0.15, -0.1) is 0 Å². The molecular formula is C22H20F6N2O4S. The van der Waals surface area contributed by atoms with Crippen LogP contribution in [-0.4, -0.2) is 56.4 Å². The fraction of sp³-hybridized carbons (Fsp3) is 0.409. The van der Waals surface area contributed by atoms with Gasteiger partial charge in [-0.05, 0) is 18.1 Å². The van der Waals surface area contributed by atoms with Crippen molar-refractivity contribution in [2.24, 2.45) is 0 Å². The van der Waals surface area contributed by atoms with E-state index in [1.165, 1.54) is 18.2 Å².